The predicted octanol–water partition coefficient (Wildman–Crippen LogP) is 3.00. The van der Waals surface area contributed by atoms with Crippen LogP contribution < -0.4 is 16.0 Å². The monoisotopic (exact) mass is 547 g/mol. The number of rotatable bonds is 9. The summed E-state index contributed by atoms with van der Waals surface area (Å²) in [6.07, 6.45) is 4.66. The Labute approximate surface area is 233 Å². The molecule has 0 spiro atoms. The van der Waals surface area contributed by atoms with E-state index in [2.05, 4.69) is 47.0 Å². The first-order valence-corrected chi connectivity index (χ1v) is 13.2. The second-order valence-corrected chi connectivity index (χ2v) is 10.9. The fourth-order valence-electron chi connectivity index (χ4n) is 4.53. The number of fused-ring (bicyclic) bond motifs is 1. The smallest absolute Gasteiger partial charge is 0.293 e. The number of aliphatic hydroxyl groups is 1. The van der Waals surface area contributed by atoms with Gasteiger partial charge in [-0.3, -0.25) is 9.69 Å². The van der Waals surface area contributed by atoms with Gasteiger partial charge in [-0.2, -0.15) is 4.98 Å². The van der Waals surface area contributed by atoms with Crippen LogP contribution in [0.4, 0.5) is 5.95 Å². The van der Waals surface area contributed by atoms with Gasteiger partial charge in [0, 0.05) is 56.3 Å². The molecule has 3 aromatic rings. The summed E-state index contributed by atoms with van der Waals surface area (Å²) in [5.74, 6) is 0.379. The maximum absolute atomic E-state index is 13.1. The van der Waals surface area contributed by atoms with Gasteiger partial charge in [-0.15, -0.1) is 0 Å². The normalized spacial score (nSPS) is 16.9. The molecule has 40 heavy (non-hydrogen) atoms. The van der Waals surface area contributed by atoms with Crippen LogP contribution >= 0.6 is 0 Å². The molecule has 1 aliphatic heterocycles. The third kappa shape index (κ3) is 7.07. The second kappa shape index (κ2) is 12.3. The Morgan fingerprint density at radius 3 is 2.77 bits per heavy atom. The molecule has 2 atom stereocenters. The first-order chi connectivity index (χ1) is 19.1. The summed E-state index contributed by atoms with van der Waals surface area (Å²) in [6.45, 7) is 9.41. The van der Waals surface area contributed by atoms with E-state index in [9.17, 15) is 9.90 Å². The zero-order valence-electron chi connectivity index (χ0n) is 23.5. The Bertz CT molecular complexity index is 1380. The number of hydrogen-bond acceptors (Lipinski definition) is 11. The summed E-state index contributed by atoms with van der Waals surface area (Å²) < 4.78 is 5.32. The fourth-order valence-corrected chi connectivity index (χ4v) is 4.53. The highest BCUT2D eigenvalue weighted by Crippen LogP contribution is 2.31. The van der Waals surface area contributed by atoms with Gasteiger partial charge < -0.3 is 31.0 Å². The third-order valence-electron chi connectivity index (χ3n) is 6.41. The number of allylic oxidation sites excluding steroid dienone is 1. The largest absolute Gasteiger partial charge is 0.392 e. The molecular formula is C28H37N9O3. The zero-order valence-corrected chi connectivity index (χ0v) is 23.5. The highest BCUT2D eigenvalue weighted by atomic mass is 16.5. The van der Waals surface area contributed by atoms with Crippen LogP contribution in [0.15, 0.2) is 46.9 Å². The van der Waals surface area contributed by atoms with Crippen LogP contribution in [0.1, 0.15) is 67.8 Å². The van der Waals surface area contributed by atoms with Gasteiger partial charge in [0.15, 0.2) is 0 Å². The van der Waals surface area contributed by atoms with Crippen molar-refractivity contribution in [2.75, 3.05) is 25.5 Å². The molecule has 0 fully saturated rings. The molecular weight excluding hydrogens is 510 g/mol. The Morgan fingerprint density at radius 1 is 1.30 bits per heavy atom. The molecule has 1 aromatic carbocycles. The summed E-state index contributed by atoms with van der Waals surface area (Å²) in [5, 5.41) is 30.5. The van der Waals surface area contributed by atoms with Crippen molar-refractivity contribution in [3.05, 3.63) is 65.2 Å². The summed E-state index contributed by atoms with van der Waals surface area (Å²) in [6, 6.07) is 7.59. The fraction of sp³-hybridized carbons (Fsp3) is 0.429. The van der Waals surface area contributed by atoms with Gasteiger partial charge in [-0.25, -0.2) is 9.97 Å². The molecule has 4 rings (SSSR count). The number of β-amino-alcohol motifs (C(OH)–C–C–N with tert-alkyl or cyclic N) is 1. The molecule has 1 aliphatic rings. The highest BCUT2D eigenvalue weighted by Gasteiger charge is 2.28. The van der Waals surface area contributed by atoms with Crippen molar-refractivity contribution in [2.45, 2.75) is 58.2 Å². The Morgan fingerprint density at radius 2 is 2.10 bits per heavy atom. The van der Waals surface area contributed by atoms with Crippen LogP contribution in [0.2, 0.25) is 0 Å². The summed E-state index contributed by atoms with van der Waals surface area (Å²) >= 11 is 0. The van der Waals surface area contributed by atoms with E-state index < -0.39 is 12.0 Å². The standard InChI is InChI=1S/C28H37N9O3/c1-17(38)15-37-11-9-23(33-25(39)24-35-26(40-36-24)28(2,3)4)21-7-6-18(12-19(21)16-37)22-8-10-31-27(34-22)32-20(13-29)14-30-5/h6-8,10,12-14,17,23,29-30,38H,9,11,15-16H2,1-5H3,(H,33,39)(H,31,32,34)/b20-14+,29-13?. The Balaban J connectivity index is 1.63. The van der Waals surface area contributed by atoms with Gasteiger partial charge >= 0.3 is 0 Å². The van der Waals surface area contributed by atoms with Gasteiger partial charge in [0.25, 0.3) is 11.7 Å². The zero-order chi connectivity index (χ0) is 28.9. The van der Waals surface area contributed by atoms with E-state index in [1.54, 1.807) is 26.4 Å². The number of carbonyl (C=O) groups is 1. The number of aliphatic hydroxyl groups excluding tert-OH is 1. The Kier molecular flexibility index (Phi) is 8.90. The lowest BCUT2D eigenvalue weighted by molar-refractivity contribution is 0.0913. The van der Waals surface area contributed by atoms with E-state index in [4.69, 9.17) is 9.93 Å². The molecule has 0 bridgehead atoms. The minimum atomic E-state index is -0.489. The molecule has 0 aliphatic carbocycles. The van der Waals surface area contributed by atoms with Gasteiger partial charge in [-0.1, -0.05) is 38.1 Å². The lowest BCUT2D eigenvalue weighted by Gasteiger charge is -2.22. The summed E-state index contributed by atoms with van der Waals surface area (Å²) in [7, 11) is 1.75. The molecule has 12 heteroatoms. The third-order valence-corrected chi connectivity index (χ3v) is 6.41. The van der Waals surface area contributed by atoms with Crippen molar-refractivity contribution < 1.29 is 14.4 Å². The number of benzene rings is 1. The van der Waals surface area contributed by atoms with E-state index >= 15 is 0 Å². The average Bonchev–Trinajstić information content (AvgIpc) is 3.36. The molecule has 0 radical (unpaired) electrons. The number of aromatic nitrogens is 4. The highest BCUT2D eigenvalue weighted by molar-refractivity contribution is 5.90. The molecule has 2 aromatic heterocycles. The van der Waals surface area contributed by atoms with Crippen LogP contribution in [0, 0.1) is 5.41 Å². The van der Waals surface area contributed by atoms with Crippen molar-refractivity contribution in [2.24, 2.45) is 0 Å². The number of nitrogens with one attached hydrogen (secondary N) is 4. The van der Waals surface area contributed by atoms with E-state index in [0.29, 0.717) is 49.3 Å². The minimum absolute atomic E-state index is 0.00538. The van der Waals surface area contributed by atoms with Gasteiger partial charge in [0.1, 0.15) is 0 Å². The first-order valence-electron chi connectivity index (χ1n) is 13.2. The van der Waals surface area contributed by atoms with Crippen molar-refractivity contribution in [1.82, 2.24) is 35.6 Å². The van der Waals surface area contributed by atoms with Gasteiger partial charge in [0.2, 0.25) is 11.8 Å². The van der Waals surface area contributed by atoms with Crippen LogP contribution in [0.25, 0.3) is 11.3 Å². The number of anilines is 1. The number of carbonyl (C=O) groups excluding carboxylic acids is 1. The molecule has 2 unspecified atom stereocenters. The predicted molar refractivity (Wildman–Crippen MR) is 152 cm³/mol. The second-order valence-electron chi connectivity index (χ2n) is 10.9. The van der Waals surface area contributed by atoms with E-state index in [1.165, 1.54) is 6.21 Å². The first kappa shape index (κ1) is 28.8. The lowest BCUT2D eigenvalue weighted by atomic mass is 9.96. The maximum Gasteiger partial charge on any atom is 0.293 e. The maximum atomic E-state index is 13.1. The van der Waals surface area contributed by atoms with Crippen molar-refractivity contribution in [3.8, 4) is 11.3 Å². The van der Waals surface area contributed by atoms with Crippen LogP contribution in [-0.4, -0.2) is 68.5 Å². The van der Waals surface area contributed by atoms with Crippen LogP contribution in [0.3, 0.4) is 0 Å². The van der Waals surface area contributed by atoms with E-state index in [1.807, 2.05) is 39.0 Å². The Hall–Kier alpha value is -4.16. The topological polar surface area (TPSA) is 165 Å². The lowest BCUT2D eigenvalue weighted by Crippen LogP contribution is -2.33. The molecule has 5 N–H and O–H groups in total. The number of hydrogen-bond donors (Lipinski definition) is 5. The quantitative estimate of drug-likeness (QED) is 0.251. The molecule has 0 saturated carbocycles. The molecule has 212 valence electrons. The van der Waals surface area contributed by atoms with Crippen molar-refractivity contribution >= 4 is 18.1 Å². The van der Waals surface area contributed by atoms with Crippen molar-refractivity contribution in [3.63, 3.8) is 0 Å². The SMILES string of the molecule is CN/C=C(\C=N)Nc1nccc(-c2ccc3c(c2)CN(CC(C)O)CCC3NC(=O)c2noc(C(C)(C)C)n2)n1. The molecule has 0 saturated heterocycles. The van der Waals surface area contributed by atoms with Crippen LogP contribution in [0.5, 0.6) is 0 Å². The number of amides is 1. The molecule has 1 amide bonds. The average molecular weight is 548 g/mol. The number of nitrogens with zero attached hydrogens (tertiary/aromatic N) is 5. The minimum Gasteiger partial charge on any atom is -0.392 e. The van der Waals surface area contributed by atoms with E-state index in [-0.39, 0.29) is 17.3 Å². The van der Waals surface area contributed by atoms with E-state index in [0.717, 1.165) is 16.7 Å². The van der Waals surface area contributed by atoms with Crippen LogP contribution in [-0.2, 0) is 12.0 Å². The molecule has 12 nitrogen and oxygen atoms in total. The van der Waals surface area contributed by atoms with Gasteiger partial charge in [-0.05, 0) is 36.6 Å². The molecule has 3 heterocycles. The van der Waals surface area contributed by atoms with Crippen molar-refractivity contribution in [1.29, 1.82) is 5.41 Å². The summed E-state index contributed by atoms with van der Waals surface area (Å²) in [5.41, 5.74) is 3.76. The summed E-state index contributed by atoms with van der Waals surface area (Å²) in [4.78, 5) is 28.5. The van der Waals surface area contributed by atoms with Gasteiger partial charge in [0.05, 0.1) is 23.5 Å².